The van der Waals surface area contributed by atoms with Crippen LogP contribution in [0.5, 0.6) is 0 Å². The summed E-state index contributed by atoms with van der Waals surface area (Å²) in [7, 11) is 0. The van der Waals surface area contributed by atoms with Crippen molar-refractivity contribution in [2.75, 3.05) is 0 Å². The van der Waals surface area contributed by atoms with E-state index in [1.165, 1.54) is 11.5 Å². The van der Waals surface area contributed by atoms with Crippen LogP contribution in [-0.4, -0.2) is 15.9 Å². The molecule has 0 radical (unpaired) electrons. The fourth-order valence-corrected chi connectivity index (χ4v) is 1.14. The average Bonchev–Trinajstić information content (AvgIpc) is 2.38. The first kappa shape index (κ1) is 7.34. The minimum absolute atomic E-state index is 0.479. The summed E-state index contributed by atoms with van der Waals surface area (Å²) in [6.45, 7) is 3.63. The van der Waals surface area contributed by atoms with Crippen molar-refractivity contribution in [1.29, 1.82) is 0 Å². The molecule has 0 bridgehead atoms. The van der Waals surface area contributed by atoms with Gasteiger partial charge in [-0.1, -0.05) is 4.49 Å². The largest absolute Gasteiger partial charge is 0.302 e. The van der Waals surface area contributed by atoms with Gasteiger partial charge in [0.1, 0.15) is 6.29 Å². The van der Waals surface area contributed by atoms with Crippen LogP contribution in [0.15, 0.2) is 5.38 Å². The van der Waals surface area contributed by atoms with E-state index < -0.39 is 5.41 Å². The summed E-state index contributed by atoms with van der Waals surface area (Å²) in [6.07, 6.45) is 0.879. The summed E-state index contributed by atoms with van der Waals surface area (Å²) in [5, 5.41) is 5.58. The Morgan fingerprint density at radius 1 is 1.70 bits per heavy atom. The van der Waals surface area contributed by atoms with Crippen molar-refractivity contribution in [3.63, 3.8) is 0 Å². The van der Waals surface area contributed by atoms with Gasteiger partial charge in [0.15, 0.2) is 0 Å². The molecule has 0 unspecified atom stereocenters. The number of hydrogen-bond acceptors (Lipinski definition) is 4. The Bertz CT molecular complexity index is 218. The van der Waals surface area contributed by atoms with Crippen molar-refractivity contribution in [3.05, 3.63) is 11.1 Å². The molecule has 0 saturated heterocycles. The van der Waals surface area contributed by atoms with E-state index in [4.69, 9.17) is 0 Å². The topological polar surface area (TPSA) is 42.9 Å². The SMILES string of the molecule is CC(C)(C=O)c1csnn1. The molecule has 0 aromatic carbocycles. The lowest BCUT2D eigenvalue weighted by molar-refractivity contribution is -0.111. The Labute approximate surface area is 63.2 Å². The van der Waals surface area contributed by atoms with Crippen LogP contribution in [0.4, 0.5) is 0 Å². The molecule has 1 rings (SSSR count). The maximum atomic E-state index is 10.5. The van der Waals surface area contributed by atoms with E-state index in [-0.39, 0.29) is 0 Å². The van der Waals surface area contributed by atoms with Gasteiger partial charge in [-0.25, -0.2) is 0 Å². The second-order valence-electron chi connectivity index (χ2n) is 2.63. The molecular formula is C6H8N2OS. The van der Waals surface area contributed by atoms with Gasteiger partial charge in [-0.05, 0) is 25.4 Å². The van der Waals surface area contributed by atoms with Gasteiger partial charge < -0.3 is 4.79 Å². The summed E-state index contributed by atoms with van der Waals surface area (Å²) >= 11 is 1.26. The van der Waals surface area contributed by atoms with Gasteiger partial charge in [0, 0.05) is 5.38 Å². The molecule has 4 heteroatoms. The predicted octanol–water partition coefficient (Wildman–Crippen LogP) is 1.01. The fourth-order valence-electron chi connectivity index (χ4n) is 0.506. The van der Waals surface area contributed by atoms with Gasteiger partial charge in [-0.15, -0.1) is 5.10 Å². The molecule has 0 aliphatic carbocycles. The number of carbonyl (C=O) groups excluding carboxylic acids is 1. The van der Waals surface area contributed by atoms with Crippen molar-refractivity contribution in [3.8, 4) is 0 Å². The monoisotopic (exact) mass is 156 g/mol. The number of hydrogen-bond donors (Lipinski definition) is 0. The Morgan fingerprint density at radius 3 is 2.80 bits per heavy atom. The third-order valence-corrected chi connectivity index (χ3v) is 1.82. The van der Waals surface area contributed by atoms with Crippen LogP contribution in [0.1, 0.15) is 19.5 Å². The maximum absolute atomic E-state index is 10.5. The smallest absolute Gasteiger partial charge is 0.131 e. The Balaban J connectivity index is 2.95. The highest BCUT2D eigenvalue weighted by Gasteiger charge is 2.21. The first-order valence-corrected chi connectivity index (χ1v) is 3.74. The summed E-state index contributed by atoms with van der Waals surface area (Å²) in [5.41, 5.74) is 0.264. The minimum Gasteiger partial charge on any atom is -0.302 e. The summed E-state index contributed by atoms with van der Waals surface area (Å²) in [4.78, 5) is 10.5. The zero-order valence-corrected chi connectivity index (χ0v) is 6.68. The third kappa shape index (κ3) is 1.21. The molecule has 0 fully saturated rings. The molecule has 10 heavy (non-hydrogen) atoms. The van der Waals surface area contributed by atoms with Crippen molar-refractivity contribution in [2.24, 2.45) is 0 Å². The van der Waals surface area contributed by atoms with E-state index in [1.54, 1.807) is 5.38 Å². The minimum atomic E-state index is -0.479. The van der Waals surface area contributed by atoms with Crippen LogP contribution >= 0.6 is 11.5 Å². The van der Waals surface area contributed by atoms with Crippen LogP contribution in [-0.2, 0) is 10.2 Å². The first-order valence-electron chi connectivity index (χ1n) is 2.90. The molecule has 3 nitrogen and oxygen atoms in total. The van der Waals surface area contributed by atoms with Crippen LogP contribution in [0.2, 0.25) is 0 Å². The van der Waals surface area contributed by atoms with Gasteiger partial charge in [0.05, 0.1) is 11.1 Å². The molecule has 1 aromatic heterocycles. The zero-order chi connectivity index (χ0) is 7.61. The lowest BCUT2D eigenvalue weighted by atomic mass is 9.93. The molecule has 0 spiro atoms. The number of aromatic nitrogens is 2. The molecule has 0 aliphatic heterocycles. The van der Waals surface area contributed by atoms with Gasteiger partial charge >= 0.3 is 0 Å². The second kappa shape index (κ2) is 2.46. The molecule has 0 atom stereocenters. The van der Waals surface area contributed by atoms with Crippen molar-refractivity contribution >= 4 is 17.8 Å². The lowest BCUT2D eigenvalue weighted by Crippen LogP contribution is -2.18. The van der Waals surface area contributed by atoms with Gasteiger partial charge in [0.2, 0.25) is 0 Å². The predicted molar refractivity (Wildman–Crippen MR) is 39.0 cm³/mol. The Kier molecular flexibility index (Phi) is 1.80. The lowest BCUT2D eigenvalue weighted by Gasteiger charge is -2.10. The van der Waals surface area contributed by atoms with E-state index in [0.717, 1.165) is 12.0 Å². The van der Waals surface area contributed by atoms with Crippen LogP contribution in [0.25, 0.3) is 0 Å². The fraction of sp³-hybridized carbons (Fsp3) is 0.500. The summed E-state index contributed by atoms with van der Waals surface area (Å²) in [5.74, 6) is 0. The maximum Gasteiger partial charge on any atom is 0.131 e. The van der Waals surface area contributed by atoms with E-state index in [2.05, 4.69) is 9.59 Å². The van der Waals surface area contributed by atoms with Gasteiger partial charge in [-0.3, -0.25) is 0 Å². The molecule has 54 valence electrons. The molecule has 0 N–H and O–H groups in total. The van der Waals surface area contributed by atoms with Gasteiger partial charge in [-0.2, -0.15) is 0 Å². The second-order valence-corrected chi connectivity index (χ2v) is 3.24. The zero-order valence-electron chi connectivity index (χ0n) is 5.87. The summed E-state index contributed by atoms with van der Waals surface area (Å²) in [6, 6.07) is 0. The Hall–Kier alpha value is -0.770. The number of nitrogens with zero attached hydrogens (tertiary/aromatic N) is 2. The quantitative estimate of drug-likeness (QED) is 0.600. The van der Waals surface area contributed by atoms with Crippen molar-refractivity contribution in [2.45, 2.75) is 19.3 Å². The molecule has 0 saturated carbocycles. The van der Waals surface area contributed by atoms with E-state index in [9.17, 15) is 4.79 Å². The molecule has 0 aliphatic rings. The van der Waals surface area contributed by atoms with Gasteiger partial charge in [0.25, 0.3) is 0 Å². The van der Waals surface area contributed by atoms with E-state index >= 15 is 0 Å². The first-order chi connectivity index (χ1) is 4.67. The molecular weight excluding hydrogens is 148 g/mol. The van der Waals surface area contributed by atoms with E-state index in [1.807, 2.05) is 13.8 Å². The molecule has 1 aromatic rings. The highest BCUT2D eigenvalue weighted by Crippen LogP contribution is 2.17. The van der Waals surface area contributed by atoms with Crippen LogP contribution < -0.4 is 0 Å². The normalized spacial score (nSPS) is 11.4. The third-order valence-electron chi connectivity index (χ3n) is 1.31. The number of aldehydes is 1. The summed E-state index contributed by atoms with van der Waals surface area (Å²) < 4.78 is 3.67. The highest BCUT2D eigenvalue weighted by molar-refractivity contribution is 7.03. The van der Waals surface area contributed by atoms with Crippen molar-refractivity contribution in [1.82, 2.24) is 9.59 Å². The number of rotatable bonds is 2. The van der Waals surface area contributed by atoms with Crippen LogP contribution in [0.3, 0.4) is 0 Å². The standard InChI is InChI=1S/C6H8N2OS/c1-6(2,4-9)5-3-10-8-7-5/h3-4H,1-2H3. The molecule has 1 heterocycles. The number of carbonyl (C=O) groups is 1. The Morgan fingerprint density at radius 2 is 2.40 bits per heavy atom. The van der Waals surface area contributed by atoms with Crippen molar-refractivity contribution < 1.29 is 4.79 Å². The average molecular weight is 156 g/mol. The highest BCUT2D eigenvalue weighted by atomic mass is 32.1. The van der Waals surface area contributed by atoms with E-state index in [0.29, 0.717) is 0 Å². The van der Waals surface area contributed by atoms with Crippen LogP contribution in [0, 0.1) is 0 Å². The molecule has 0 amide bonds.